The summed E-state index contributed by atoms with van der Waals surface area (Å²) in [7, 11) is 0. The van der Waals surface area contributed by atoms with E-state index in [4.69, 9.17) is 4.74 Å². The zero-order valence-electron chi connectivity index (χ0n) is 15.7. The summed E-state index contributed by atoms with van der Waals surface area (Å²) < 4.78 is 6.00. The molecule has 138 valence electrons. The van der Waals surface area contributed by atoms with Crippen LogP contribution in [-0.2, 0) is 4.74 Å². The molecule has 3 fully saturated rings. The first kappa shape index (κ1) is 16.6. The molecule has 0 amide bonds. The van der Waals surface area contributed by atoms with E-state index in [-0.39, 0.29) is 12.1 Å². The number of rotatable bonds is 2. The number of carbonyl (C=O) groups is 1. The van der Waals surface area contributed by atoms with Crippen LogP contribution in [0.5, 0.6) is 0 Å². The number of carbonyl (C=O) groups excluding carboxylic acids is 1. The molecule has 3 saturated carbocycles. The molecule has 26 heavy (non-hydrogen) atoms. The van der Waals surface area contributed by atoms with Crippen molar-refractivity contribution in [2.24, 2.45) is 23.7 Å². The maximum absolute atomic E-state index is 12.5. The van der Waals surface area contributed by atoms with E-state index < -0.39 is 0 Å². The molecule has 0 N–H and O–H groups in total. The van der Waals surface area contributed by atoms with Crippen LogP contribution in [0.3, 0.4) is 0 Å². The van der Waals surface area contributed by atoms with E-state index in [1.807, 2.05) is 41.5 Å². The molecule has 2 nitrogen and oxygen atoms in total. The molecule has 2 heteroatoms. The van der Waals surface area contributed by atoms with Crippen LogP contribution < -0.4 is 0 Å². The first-order valence-electron chi connectivity index (χ1n) is 10.8. The number of allylic oxidation sites excluding steroid dienone is 2. The van der Waals surface area contributed by atoms with Gasteiger partial charge >= 0.3 is 5.97 Å². The van der Waals surface area contributed by atoms with E-state index in [0.29, 0.717) is 11.5 Å². The number of benzene rings is 1. The summed E-state index contributed by atoms with van der Waals surface area (Å²) in [4.78, 5) is 12.5. The highest BCUT2D eigenvalue weighted by atomic mass is 16.5. The van der Waals surface area contributed by atoms with Crippen molar-refractivity contribution in [2.75, 3.05) is 0 Å². The highest BCUT2D eigenvalue weighted by Gasteiger charge is 2.48. The molecule has 4 aliphatic carbocycles. The van der Waals surface area contributed by atoms with Crippen molar-refractivity contribution in [1.29, 1.82) is 0 Å². The second-order valence-electron chi connectivity index (χ2n) is 8.93. The predicted molar refractivity (Wildman–Crippen MR) is 103 cm³/mol. The van der Waals surface area contributed by atoms with Gasteiger partial charge in [0.15, 0.2) is 0 Å². The van der Waals surface area contributed by atoms with Crippen molar-refractivity contribution in [3.8, 4) is 0 Å². The van der Waals surface area contributed by atoms with Crippen molar-refractivity contribution in [2.45, 2.75) is 70.3 Å². The second-order valence-corrected chi connectivity index (χ2v) is 8.93. The van der Waals surface area contributed by atoms with Gasteiger partial charge in [0.1, 0.15) is 6.10 Å². The van der Waals surface area contributed by atoms with Crippen molar-refractivity contribution in [3.63, 3.8) is 0 Å². The summed E-state index contributed by atoms with van der Waals surface area (Å²) in [5.41, 5.74) is 4.42. The number of fused-ring (bicyclic) bond motifs is 4. The lowest BCUT2D eigenvalue weighted by Gasteiger charge is -2.45. The standard InChI is InChI=1S/C24H30O2/c25-24(17-7-2-1-3-8-17)26-23-15-14-21-20-11-10-16-6-4-5-9-18(16)19(20)12-13-22(21)23/h1-3,7-8,16,20-23H,4-6,9-15H2. The highest BCUT2D eigenvalue weighted by Crippen LogP contribution is 2.55. The third-order valence-electron chi connectivity index (χ3n) is 7.77. The minimum Gasteiger partial charge on any atom is -0.458 e. The van der Waals surface area contributed by atoms with Gasteiger partial charge in [0.05, 0.1) is 5.56 Å². The Morgan fingerprint density at radius 2 is 1.69 bits per heavy atom. The maximum atomic E-state index is 12.5. The van der Waals surface area contributed by atoms with Gasteiger partial charge in [0, 0.05) is 0 Å². The largest absolute Gasteiger partial charge is 0.458 e. The Bertz CT molecular complexity index is 704. The van der Waals surface area contributed by atoms with Crippen molar-refractivity contribution in [1.82, 2.24) is 0 Å². The lowest BCUT2D eigenvalue weighted by molar-refractivity contribution is 0.0105. The molecule has 5 rings (SSSR count). The Labute approximate surface area is 157 Å². The fourth-order valence-corrected chi connectivity index (χ4v) is 6.65. The van der Waals surface area contributed by atoms with Gasteiger partial charge in [0.2, 0.25) is 0 Å². The SMILES string of the molecule is O=C(OC1CCC2C3CCC4CCCCC4=C3CCC12)c1ccccc1. The molecule has 0 bridgehead atoms. The van der Waals surface area contributed by atoms with Gasteiger partial charge in [-0.25, -0.2) is 4.79 Å². The molecule has 0 aliphatic heterocycles. The molecule has 5 unspecified atom stereocenters. The van der Waals surface area contributed by atoms with Crippen LogP contribution in [0.2, 0.25) is 0 Å². The van der Waals surface area contributed by atoms with Gasteiger partial charge < -0.3 is 4.74 Å². The average molecular weight is 351 g/mol. The van der Waals surface area contributed by atoms with E-state index >= 15 is 0 Å². The third kappa shape index (κ3) is 2.82. The molecule has 0 saturated heterocycles. The molecule has 0 radical (unpaired) electrons. The molecule has 0 spiro atoms. The Morgan fingerprint density at radius 1 is 0.808 bits per heavy atom. The van der Waals surface area contributed by atoms with E-state index in [1.165, 1.54) is 57.8 Å². The minimum absolute atomic E-state index is 0.128. The van der Waals surface area contributed by atoms with E-state index in [0.717, 1.165) is 24.2 Å². The topological polar surface area (TPSA) is 26.3 Å². The maximum Gasteiger partial charge on any atom is 0.338 e. The monoisotopic (exact) mass is 350 g/mol. The van der Waals surface area contributed by atoms with Gasteiger partial charge in [-0.2, -0.15) is 0 Å². The normalized spacial score (nSPS) is 36.1. The van der Waals surface area contributed by atoms with Gasteiger partial charge in [-0.3, -0.25) is 0 Å². The van der Waals surface area contributed by atoms with Gasteiger partial charge in [-0.15, -0.1) is 0 Å². The number of hydrogen-bond donors (Lipinski definition) is 0. The van der Waals surface area contributed by atoms with Crippen LogP contribution in [0.4, 0.5) is 0 Å². The smallest absolute Gasteiger partial charge is 0.338 e. The molecular formula is C24H30O2. The number of esters is 1. The lowest BCUT2D eigenvalue weighted by atomic mass is 9.61. The summed E-state index contributed by atoms with van der Waals surface area (Å²) >= 11 is 0. The predicted octanol–water partition coefficient (Wildman–Crippen LogP) is 5.93. The molecule has 5 atom stereocenters. The first-order valence-corrected chi connectivity index (χ1v) is 10.8. The number of hydrogen-bond acceptors (Lipinski definition) is 2. The van der Waals surface area contributed by atoms with E-state index in [2.05, 4.69) is 0 Å². The van der Waals surface area contributed by atoms with Crippen molar-refractivity contribution < 1.29 is 9.53 Å². The van der Waals surface area contributed by atoms with Gasteiger partial charge in [-0.1, -0.05) is 35.8 Å². The van der Waals surface area contributed by atoms with Crippen LogP contribution in [0, 0.1) is 23.7 Å². The van der Waals surface area contributed by atoms with E-state index in [9.17, 15) is 4.79 Å². The molecule has 1 aromatic rings. The second kappa shape index (κ2) is 6.87. The van der Waals surface area contributed by atoms with Crippen LogP contribution in [0.1, 0.15) is 74.6 Å². The Morgan fingerprint density at radius 3 is 2.58 bits per heavy atom. The summed E-state index contributed by atoms with van der Waals surface area (Å²) in [5, 5.41) is 0. The third-order valence-corrected chi connectivity index (χ3v) is 7.77. The molecule has 4 aliphatic rings. The van der Waals surface area contributed by atoms with Crippen LogP contribution in [0.15, 0.2) is 41.5 Å². The molecule has 0 heterocycles. The highest BCUT2D eigenvalue weighted by molar-refractivity contribution is 5.89. The quantitative estimate of drug-likeness (QED) is 0.488. The summed E-state index contributed by atoms with van der Waals surface area (Å²) in [6.07, 6.45) is 13.4. The Hall–Kier alpha value is -1.57. The van der Waals surface area contributed by atoms with Gasteiger partial charge in [0.25, 0.3) is 0 Å². The molecule has 0 aromatic heterocycles. The first-order chi connectivity index (χ1) is 12.8. The van der Waals surface area contributed by atoms with Crippen LogP contribution in [0.25, 0.3) is 0 Å². The van der Waals surface area contributed by atoms with Crippen LogP contribution >= 0.6 is 0 Å². The Balaban J connectivity index is 1.32. The lowest BCUT2D eigenvalue weighted by Crippen LogP contribution is -2.36. The summed E-state index contributed by atoms with van der Waals surface area (Å²) in [6, 6.07) is 9.50. The van der Waals surface area contributed by atoms with Crippen molar-refractivity contribution >= 4 is 5.97 Å². The summed E-state index contributed by atoms with van der Waals surface area (Å²) in [6.45, 7) is 0. The fraction of sp³-hybridized carbons (Fsp3) is 0.625. The van der Waals surface area contributed by atoms with Crippen LogP contribution in [-0.4, -0.2) is 12.1 Å². The fourth-order valence-electron chi connectivity index (χ4n) is 6.65. The minimum atomic E-state index is -0.128. The van der Waals surface area contributed by atoms with Gasteiger partial charge in [-0.05, 0) is 93.6 Å². The number of ether oxygens (including phenoxy) is 1. The average Bonchev–Trinajstić information content (AvgIpc) is 3.11. The summed E-state index contributed by atoms with van der Waals surface area (Å²) in [5.74, 6) is 2.95. The van der Waals surface area contributed by atoms with Crippen molar-refractivity contribution in [3.05, 3.63) is 47.0 Å². The molecule has 1 aromatic carbocycles. The van der Waals surface area contributed by atoms with E-state index in [1.54, 1.807) is 0 Å². The molecular weight excluding hydrogens is 320 g/mol. The zero-order valence-corrected chi connectivity index (χ0v) is 15.7. The Kier molecular flexibility index (Phi) is 4.38. The zero-order chi connectivity index (χ0) is 17.5.